The van der Waals surface area contributed by atoms with Crippen LogP contribution in [0.3, 0.4) is 0 Å². The Hall–Kier alpha value is -0.870. The summed E-state index contributed by atoms with van der Waals surface area (Å²) in [6, 6.07) is 0. The molecule has 1 N–H and O–H groups in total. The van der Waals surface area contributed by atoms with Crippen LogP contribution in [0.25, 0.3) is 0 Å². The minimum Gasteiger partial charge on any atom is -0.481 e. The predicted molar refractivity (Wildman–Crippen MR) is 51.1 cm³/mol. The highest BCUT2D eigenvalue weighted by atomic mass is 16.7. The third kappa shape index (κ3) is 1.32. The summed E-state index contributed by atoms with van der Waals surface area (Å²) >= 11 is 0. The number of ether oxygens (including phenoxy) is 2. The smallest absolute Gasteiger partial charge is 0.311 e. The number of aliphatic carboxylic acids is 1. The Bertz CT molecular complexity index is 312. The normalized spacial score (nSPS) is 47.6. The lowest BCUT2D eigenvalue weighted by atomic mass is 9.71. The summed E-state index contributed by atoms with van der Waals surface area (Å²) in [4.78, 5) is 11.2. The fourth-order valence-corrected chi connectivity index (χ4v) is 3.05. The van der Waals surface area contributed by atoms with Gasteiger partial charge in [-0.2, -0.15) is 0 Å². The molecule has 4 nitrogen and oxygen atoms in total. The Morgan fingerprint density at radius 3 is 2.73 bits per heavy atom. The van der Waals surface area contributed by atoms with E-state index in [-0.39, 0.29) is 12.0 Å². The second-order valence-corrected chi connectivity index (χ2v) is 4.51. The Morgan fingerprint density at radius 2 is 2.00 bits per heavy atom. The standard InChI is InChI=1S/C11H14O4/c12-10(13)9-7-4-2-1-3-6(7)8-5-14-11(9)15-8/h1-2,6-9,11H,3-5H2,(H,12,13)/t6-,7+,8+,9-,11+/m0/s1. The van der Waals surface area contributed by atoms with E-state index < -0.39 is 18.2 Å². The van der Waals surface area contributed by atoms with E-state index in [0.29, 0.717) is 12.5 Å². The zero-order valence-electron chi connectivity index (χ0n) is 8.33. The van der Waals surface area contributed by atoms with Gasteiger partial charge in [0.2, 0.25) is 0 Å². The molecule has 0 aromatic heterocycles. The molecule has 0 aromatic rings. The molecule has 0 unspecified atom stereocenters. The monoisotopic (exact) mass is 210 g/mol. The summed E-state index contributed by atoms with van der Waals surface area (Å²) in [6.45, 7) is 0.559. The molecule has 2 bridgehead atoms. The average molecular weight is 210 g/mol. The number of fused-ring (bicyclic) bond motifs is 4. The number of carboxylic acid groups (broad SMARTS) is 1. The number of hydrogen-bond donors (Lipinski definition) is 1. The molecule has 4 heteroatoms. The van der Waals surface area contributed by atoms with Gasteiger partial charge in [-0.15, -0.1) is 0 Å². The van der Waals surface area contributed by atoms with E-state index in [4.69, 9.17) is 9.47 Å². The maximum absolute atomic E-state index is 11.2. The van der Waals surface area contributed by atoms with Crippen LogP contribution in [0.5, 0.6) is 0 Å². The molecule has 15 heavy (non-hydrogen) atoms. The largest absolute Gasteiger partial charge is 0.481 e. The van der Waals surface area contributed by atoms with Crippen LogP contribution in [0, 0.1) is 17.8 Å². The van der Waals surface area contributed by atoms with Crippen molar-refractivity contribution in [1.29, 1.82) is 0 Å². The highest BCUT2D eigenvalue weighted by Gasteiger charge is 2.52. The fraction of sp³-hybridized carbons (Fsp3) is 0.727. The van der Waals surface area contributed by atoms with Crippen molar-refractivity contribution in [2.75, 3.05) is 6.61 Å². The molecular weight excluding hydrogens is 196 g/mol. The second kappa shape index (κ2) is 3.32. The first-order valence-electron chi connectivity index (χ1n) is 5.42. The van der Waals surface area contributed by atoms with Crippen molar-refractivity contribution in [3.63, 3.8) is 0 Å². The van der Waals surface area contributed by atoms with E-state index in [0.717, 1.165) is 12.8 Å². The number of rotatable bonds is 1. The van der Waals surface area contributed by atoms with Crippen molar-refractivity contribution in [1.82, 2.24) is 0 Å². The molecule has 0 amide bonds. The number of carbonyl (C=O) groups is 1. The molecule has 0 aromatic carbocycles. The summed E-state index contributed by atoms with van der Waals surface area (Å²) < 4.78 is 11.0. The highest BCUT2D eigenvalue weighted by Crippen LogP contribution is 2.45. The Kier molecular flexibility index (Phi) is 2.07. The van der Waals surface area contributed by atoms with Crippen molar-refractivity contribution in [2.45, 2.75) is 25.2 Å². The second-order valence-electron chi connectivity index (χ2n) is 4.51. The van der Waals surface area contributed by atoms with Crippen molar-refractivity contribution < 1.29 is 19.4 Å². The molecule has 2 fully saturated rings. The average Bonchev–Trinajstić information content (AvgIpc) is 2.63. The van der Waals surface area contributed by atoms with Crippen molar-refractivity contribution in [3.8, 4) is 0 Å². The molecule has 82 valence electrons. The summed E-state index contributed by atoms with van der Waals surface area (Å²) in [6.07, 6.45) is 5.58. The quantitative estimate of drug-likeness (QED) is 0.656. The van der Waals surface area contributed by atoms with E-state index in [2.05, 4.69) is 12.2 Å². The lowest BCUT2D eigenvalue weighted by Crippen LogP contribution is -2.47. The first kappa shape index (κ1) is 9.36. The topological polar surface area (TPSA) is 55.8 Å². The first-order valence-corrected chi connectivity index (χ1v) is 5.42. The van der Waals surface area contributed by atoms with Crippen LogP contribution < -0.4 is 0 Å². The molecule has 5 atom stereocenters. The van der Waals surface area contributed by atoms with E-state index in [9.17, 15) is 9.90 Å². The summed E-state index contributed by atoms with van der Waals surface area (Å²) in [5.41, 5.74) is 0. The summed E-state index contributed by atoms with van der Waals surface area (Å²) in [5, 5.41) is 9.21. The molecule has 0 saturated carbocycles. The summed E-state index contributed by atoms with van der Waals surface area (Å²) in [5.74, 6) is -0.752. The van der Waals surface area contributed by atoms with Gasteiger partial charge in [-0.3, -0.25) is 4.79 Å². The predicted octanol–water partition coefficient (Wildman–Crippen LogP) is 1.02. The van der Waals surface area contributed by atoms with Gasteiger partial charge in [0.05, 0.1) is 12.7 Å². The lowest BCUT2D eigenvalue weighted by Gasteiger charge is -2.40. The van der Waals surface area contributed by atoms with Gasteiger partial charge in [-0.25, -0.2) is 0 Å². The maximum atomic E-state index is 11.2. The van der Waals surface area contributed by atoms with Gasteiger partial charge < -0.3 is 14.6 Å². The molecule has 2 heterocycles. The van der Waals surface area contributed by atoms with Crippen LogP contribution in [-0.2, 0) is 14.3 Å². The third-order valence-corrected chi connectivity index (χ3v) is 3.78. The van der Waals surface area contributed by atoms with Gasteiger partial charge >= 0.3 is 5.97 Å². The minimum atomic E-state index is -0.786. The number of hydrogen-bond acceptors (Lipinski definition) is 3. The molecule has 2 aliphatic heterocycles. The van der Waals surface area contributed by atoms with Gasteiger partial charge in [0.25, 0.3) is 0 Å². The van der Waals surface area contributed by atoms with Crippen LogP contribution in [0.1, 0.15) is 12.8 Å². The van der Waals surface area contributed by atoms with E-state index in [1.807, 2.05) is 0 Å². The molecule has 0 radical (unpaired) electrons. The SMILES string of the molecule is O=C(O)[C@H]1[C@@H]2OC[C@@H](O2)[C@H]2CC=CC[C@H]21. The zero-order chi connectivity index (χ0) is 10.4. The first-order chi connectivity index (χ1) is 7.27. The van der Waals surface area contributed by atoms with Gasteiger partial charge in [0.15, 0.2) is 6.29 Å². The molecule has 3 aliphatic rings. The molecular formula is C11H14O4. The molecule has 2 saturated heterocycles. The Morgan fingerprint density at radius 1 is 1.27 bits per heavy atom. The van der Waals surface area contributed by atoms with E-state index >= 15 is 0 Å². The van der Waals surface area contributed by atoms with Crippen molar-refractivity contribution >= 4 is 5.97 Å². The Labute approximate surface area is 87.9 Å². The van der Waals surface area contributed by atoms with Crippen LogP contribution in [0.2, 0.25) is 0 Å². The maximum Gasteiger partial charge on any atom is 0.311 e. The zero-order valence-corrected chi connectivity index (χ0v) is 8.33. The van der Waals surface area contributed by atoms with Crippen LogP contribution >= 0.6 is 0 Å². The Balaban J connectivity index is 1.93. The highest BCUT2D eigenvalue weighted by molar-refractivity contribution is 5.71. The van der Waals surface area contributed by atoms with Gasteiger partial charge in [-0.05, 0) is 24.7 Å². The van der Waals surface area contributed by atoms with Crippen LogP contribution in [0.4, 0.5) is 0 Å². The van der Waals surface area contributed by atoms with E-state index in [1.54, 1.807) is 0 Å². The number of carboxylic acids is 1. The van der Waals surface area contributed by atoms with Crippen LogP contribution in [-0.4, -0.2) is 30.1 Å². The lowest BCUT2D eigenvalue weighted by molar-refractivity contribution is -0.187. The minimum absolute atomic E-state index is 0.112. The summed E-state index contributed by atoms with van der Waals surface area (Å²) in [7, 11) is 0. The van der Waals surface area contributed by atoms with Crippen molar-refractivity contribution in [2.24, 2.45) is 17.8 Å². The van der Waals surface area contributed by atoms with Gasteiger partial charge in [0, 0.05) is 0 Å². The molecule has 0 spiro atoms. The van der Waals surface area contributed by atoms with Gasteiger partial charge in [0.1, 0.15) is 5.92 Å². The molecule has 1 aliphatic carbocycles. The van der Waals surface area contributed by atoms with Crippen LogP contribution in [0.15, 0.2) is 12.2 Å². The van der Waals surface area contributed by atoms with Crippen molar-refractivity contribution in [3.05, 3.63) is 12.2 Å². The van der Waals surface area contributed by atoms with Gasteiger partial charge in [-0.1, -0.05) is 12.2 Å². The number of allylic oxidation sites excluding steroid dienone is 2. The third-order valence-electron chi connectivity index (χ3n) is 3.78. The molecule has 3 rings (SSSR count). The van der Waals surface area contributed by atoms with E-state index in [1.165, 1.54) is 0 Å². The fourth-order valence-electron chi connectivity index (χ4n) is 3.05.